The van der Waals surface area contributed by atoms with Crippen molar-refractivity contribution in [2.24, 2.45) is 0 Å². The van der Waals surface area contributed by atoms with Gasteiger partial charge < -0.3 is 20.4 Å². The Morgan fingerprint density at radius 3 is 2.53 bits per heavy atom. The van der Waals surface area contributed by atoms with E-state index in [1.807, 2.05) is 0 Å². The van der Waals surface area contributed by atoms with Crippen LogP contribution in [0.25, 0.3) is 0 Å². The van der Waals surface area contributed by atoms with Gasteiger partial charge in [0.05, 0.1) is 6.61 Å². The molecule has 19 heavy (non-hydrogen) atoms. The van der Waals surface area contributed by atoms with Gasteiger partial charge in [0, 0.05) is 19.1 Å². The molecule has 0 aliphatic carbocycles. The van der Waals surface area contributed by atoms with Crippen LogP contribution >= 0.6 is 0 Å². The largest absolute Gasteiger partial charge is 0.480 e. The van der Waals surface area contributed by atoms with E-state index >= 15 is 0 Å². The predicted molar refractivity (Wildman–Crippen MR) is 69.9 cm³/mol. The zero-order valence-corrected chi connectivity index (χ0v) is 11.5. The molecule has 1 heterocycles. The molecule has 3 N–H and O–H groups in total. The molecule has 7 heteroatoms. The number of carbonyl (C=O) groups excluding carboxylic acids is 1. The maximum atomic E-state index is 11.9. The number of hydrogen-bond donors (Lipinski definition) is 3. The summed E-state index contributed by atoms with van der Waals surface area (Å²) in [6, 6.07) is -1.32. The third-order valence-electron chi connectivity index (χ3n) is 3.56. The van der Waals surface area contributed by atoms with Crippen molar-refractivity contribution in [3.63, 3.8) is 0 Å². The monoisotopic (exact) mass is 273 g/mol. The van der Waals surface area contributed by atoms with E-state index in [0.29, 0.717) is 19.1 Å². The van der Waals surface area contributed by atoms with Gasteiger partial charge in [-0.15, -0.1) is 0 Å². The molecular weight excluding hydrogens is 250 g/mol. The van der Waals surface area contributed by atoms with E-state index in [1.54, 1.807) is 4.90 Å². The summed E-state index contributed by atoms with van der Waals surface area (Å²) >= 11 is 0. The molecule has 1 aliphatic rings. The minimum atomic E-state index is -1.24. The van der Waals surface area contributed by atoms with E-state index in [9.17, 15) is 9.59 Å². The zero-order valence-electron chi connectivity index (χ0n) is 11.5. The number of nitrogens with zero attached hydrogens (tertiary/aromatic N) is 2. The number of carboxylic acids is 1. The normalized spacial score (nSPS) is 20.6. The molecule has 110 valence electrons. The zero-order chi connectivity index (χ0) is 14.4. The molecule has 0 aromatic rings. The molecule has 1 fully saturated rings. The van der Waals surface area contributed by atoms with Crippen LogP contribution in [0.5, 0.6) is 0 Å². The number of hydrogen-bond acceptors (Lipinski definition) is 4. The Bertz CT molecular complexity index is 320. The molecule has 7 nitrogen and oxygen atoms in total. The van der Waals surface area contributed by atoms with Crippen LogP contribution in [0.1, 0.15) is 20.3 Å². The number of aliphatic carboxylic acids is 1. The van der Waals surface area contributed by atoms with Crippen molar-refractivity contribution in [2.45, 2.75) is 32.4 Å². The number of carboxylic acid groups (broad SMARTS) is 1. The maximum absolute atomic E-state index is 11.9. The lowest BCUT2D eigenvalue weighted by molar-refractivity contribution is -0.140. The fraction of sp³-hybridized carbons (Fsp3) is 0.833. The molecule has 0 bridgehead atoms. The van der Waals surface area contributed by atoms with Gasteiger partial charge in [0.15, 0.2) is 6.04 Å². The number of amides is 2. The van der Waals surface area contributed by atoms with E-state index in [1.165, 1.54) is 0 Å². The quantitative estimate of drug-likeness (QED) is 0.610. The molecule has 0 radical (unpaired) electrons. The first-order chi connectivity index (χ1) is 9.03. The van der Waals surface area contributed by atoms with Gasteiger partial charge in [-0.3, -0.25) is 4.90 Å². The average molecular weight is 273 g/mol. The van der Waals surface area contributed by atoms with Gasteiger partial charge >= 0.3 is 12.0 Å². The second kappa shape index (κ2) is 7.30. The number of carbonyl (C=O) groups is 2. The van der Waals surface area contributed by atoms with Crippen LogP contribution in [0.4, 0.5) is 4.79 Å². The highest BCUT2D eigenvalue weighted by Crippen LogP contribution is 2.15. The van der Waals surface area contributed by atoms with Gasteiger partial charge in [-0.1, -0.05) is 13.8 Å². The Labute approximate surface area is 113 Å². The SMILES string of the molecule is CCN(CC)C1CCN(C(=O)N[C@H](CO)C(=O)O)C1. The Morgan fingerprint density at radius 2 is 2.05 bits per heavy atom. The smallest absolute Gasteiger partial charge is 0.328 e. The first-order valence-corrected chi connectivity index (χ1v) is 6.66. The van der Waals surface area contributed by atoms with Crippen molar-refractivity contribution in [3.8, 4) is 0 Å². The molecule has 2 atom stereocenters. The Hall–Kier alpha value is -1.34. The number of nitrogens with one attached hydrogen (secondary N) is 1. The van der Waals surface area contributed by atoms with Crippen molar-refractivity contribution in [2.75, 3.05) is 32.8 Å². The topological polar surface area (TPSA) is 93.1 Å². The molecule has 1 rings (SSSR count). The lowest BCUT2D eigenvalue weighted by atomic mass is 10.2. The van der Waals surface area contributed by atoms with Crippen molar-refractivity contribution in [1.82, 2.24) is 15.1 Å². The van der Waals surface area contributed by atoms with Crippen LogP contribution in [0.3, 0.4) is 0 Å². The lowest BCUT2D eigenvalue weighted by Gasteiger charge is -2.26. The number of aliphatic hydroxyl groups is 1. The third kappa shape index (κ3) is 4.07. The molecule has 1 aliphatic heterocycles. The van der Waals surface area contributed by atoms with E-state index < -0.39 is 24.6 Å². The summed E-state index contributed by atoms with van der Waals surface area (Å²) in [5.41, 5.74) is 0. The number of aliphatic hydroxyl groups excluding tert-OH is 1. The predicted octanol–water partition coefficient (Wildman–Crippen LogP) is -0.442. The highest BCUT2D eigenvalue weighted by Gasteiger charge is 2.30. The van der Waals surface area contributed by atoms with Crippen LogP contribution < -0.4 is 5.32 Å². The van der Waals surface area contributed by atoms with Crippen molar-refractivity contribution < 1.29 is 19.8 Å². The van der Waals surface area contributed by atoms with E-state index in [-0.39, 0.29) is 0 Å². The molecule has 0 aromatic carbocycles. The standard InChI is InChI=1S/C12H23N3O4/c1-3-14(4-2)9-5-6-15(7-9)12(19)13-10(8-16)11(17)18/h9-10,16H,3-8H2,1-2H3,(H,13,19)(H,17,18)/t9?,10-/m1/s1. The molecule has 1 unspecified atom stereocenters. The first-order valence-electron chi connectivity index (χ1n) is 6.66. The van der Waals surface area contributed by atoms with Gasteiger partial charge in [0.2, 0.25) is 0 Å². The molecular formula is C12H23N3O4. The highest BCUT2D eigenvalue weighted by atomic mass is 16.4. The maximum Gasteiger partial charge on any atom is 0.328 e. The summed E-state index contributed by atoms with van der Waals surface area (Å²) in [6.45, 7) is 6.65. The number of likely N-dealkylation sites (tertiary alicyclic amines) is 1. The minimum absolute atomic E-state index is 0.332. The van der Waals surface area contributed by atoms with Crippen LogP contribution in [-0.2, 0) is 4.79 Å². The summed E-state index contributed by atoms with van der Waals surface area (Å²) in [5, 5.41) is 20.0. The van der Waals surface area contributed by atoms with Crippen molar-refractivity contribution in [1.29, 1.82) is 0 Å². The summed E-state index contributed by atoms with van der Waals surface area (Å²) in [6.07, 6.45) is 0.895. The Balaban J connectivity index is 2.50. The Kier molecular flexibility index (Phi) is 6.04. The van der Waals surface area contributed by atoms with Gasteiger partial charge in [-0.05, 0) is 19.5 Å². The second-order valence-electron chi connectivity index (χ2n) is 4.63. The molecule has 2 amide bonds. The molecule has 0 aromatic heterocycles. The highest BCUT2D eigenvalue weighted by molar-refractivity contribution is 5.82. The fourth-order valence-corrected chi connectivity index (χ4v) is 2.39. The van der Waals surface area contributed by atoms with Gasteiger partial charge in [0.25, 0.3) is 0 Å². The average Bonchev–Trinajstić information content (AvgIpc) is 2.86. The molecule has 0 saturated carbocycles. The number of likely N-dealkylation sites (N-methyl/N-ethyl adjacent to an activating group) is 1. The Morgan fingerprint density at radius 1 is 1.42 bits per heavy atom. The fourth-order valence-electron chi connectivity index (χ4n) is 2.39. The van der Waals surface area contributed by atoms with Crippen LogP contribution in [0.15, 0.2) is 0 Å². The minimum Gasteiger partial charge on any atom is -0.480 e. The summed E-state index contributed by atoms with van der Waals surface area (Å²) in [5.74, 6) is -1.23. The number of urea groups is 1. The van der Waals surface area contributed by atoms with Crippen LogP contribution in [0.2, 0.25) is 0 Å². The van der Waals surface area contributed by atoms with Crippen molar-refractivity contribution >= 4 is 12.0 Å². The number of rotatable bonds is 6. The summed E-state index contributed by atoms with van der Waals surface area (Å²) in [4.78, 5) is 26.5. The van der Waals surface area contributed by atoms with Gasteiger partial charge in [-0.2, -0.15) is 0 Å². The van der Waals surface area contributed by atoms with E-state index in [0.717, 1.165) is 19.5 Å². The summed E-state index contributed by atoms with van der Waals surface area (Å²) < 4.78 is 0. The van der Waals surface area contributed by atoms with Gasteiger partial charge in [0.1, 0.15) is 0 Å². The second-order valence-corrected chi connectivity index (χ2v) is 4.63. The first kappa shape index (κ1) is 15.7. The van der Waals surface area contributed by atoms with E-state index in [4.69, 9.17) is 10.2 Å². The van der Waals surface area contributed by atoms with Crippen molar-refractivity contribution in [3.05, 3.63) is 0 Å². The lowest BCUT2D eigenvalue weighted by Crippen LogP contribution is -2.49. The van der Waals surface area contributed by atoms with Crippen LogP contribution in [0, 0.1) is 0 Å². The molecule has 0 spiro atoms. The van der Waals surface area contributed by atoms with E-state index in [2.05, 4.69) is 24.1 Å². The van der Waals surface area contributed by atoms with Crippen LogP contribution in [-0.4, -0.2) is 76.9 Å². The third-order valence-corrected chi connectivity index (χ3v) is 3.56. The van der Waals surface area contributed by atoms with Gasteiger partial charge in [-0.25, -0.2) is 9.59 Å². The molecule has 1 saturated heterocycles. The summed E-state index contributed by atoms with van der Waals surface area (Å²) in [7, 11) is 0.